The molecule has 3 nitrogen and oxygen atoms in total. The predicted octanol–water partition coefficient (Wildman–Crippen LogP) is 6.98. The van der Waals surface area contributed by atoms with Crippen molar-refractivity contribution in [2.24, 2.45) is 0 Å². The van der Waals surface area contributed by atoms with Crippen molar-refractivity contribution in [2.45, 2.75) is 0 Å². The van der Waals surface area contributed by atoms with Gasteiger partial charge in [-0.1, -0.05) is 71.2 Å². The fourth-order valence-corrected chi connectivity index (χ4v) is 2.81. The maximum Gasteiger partial charge on any atom is 0.424 e. The average molecular weight is 393 g/mol. The Morgan fingerprint density at radius 2 is 1.20 bits per heavy atom. The highest BCUT2D eigenvalue weighted by Gasteiger charge is 2.21. The second-order valence-corrected chi connectivity index (χ2v) is 6.29. The summed E-state index contributed by atoms with van der Waals surface area (Å²) in [6.07, 6.45) is -0.613. The molecule has 3 rings (SSSR count). The van der Waals surface area contributed by atoms with E-state index in [1.807, 2.05) is 60.7 Å². The highest BCUT2D eigenvalue weighted by Crippen LogP contribution is 2.35. The first-order valence-electron chi connectivity index (χ1n) is 7.33. The van der Waals surface area contributed by atoms with E-state index >= 15 is 0 Å². The summed E-state index contributed by atoms with van der Waals surface area (Å²) in [5.41, 5.74) is 1.32. The van der Waals surface area contributed by atoms with Crippen molar-refractivity contribution < 1.29 is 9.53 Å². The van der Waals surface area contributed by atoms with Crippen LogP contribution in [0, 0.1) is 0 Å². The fraction of sp³-hybridized carbons (Fsp3) is 0. The molecule has 0 aromatic heterocycles. The van der Waals surface area contributed by atoms with E-state index in [0.29, 0.717) is 11.4 Å². The molecule has 3 aromatic rings. The molecule has 0 N–H and O–H groups in total. The van der Waals surface area contributed by atoms with Crippen LogP contribution in [0.4, 0.5) is 16.2 Å². The molecule has 0 aliphatic rings. The van der Waals surface area contributed by atoms with E-state index in [9.17, 15) is 4.79 Å². The molecule has 0 saturated heterocycles. The molecular formula is C19H12Cl3NO2. The van der Waals surface area contributed by atoms with Crippen LogP contribution in [0.3, 0.4) is 0 Å². The van der Waals surface area contributed by atoms with Gasteiger partial charge in [0.05, 0.1) is 26.4 Å². The van der Waals surface area contributed by atoms with Gasteiger partial charge in [0, 0.05) is 6.07 Å². The first kappa shape index (κ1) is 17.6. The van der Waals surface area contributed by atoms with Crippen LogP contribution in [0.5, 0.6) is 5.75 Å². The van der Waals surface area contributed by atoms with Crippen molar-refractivity contribution >= 4 is 52.3 Å². The zero-order valence-electron chi connectivity index (χ0n) is 12.8. The average Bonchev–Trinajstić information content (AvgIpc) is 2.62. The molecule has 25 heavy (non-hydrogen) atoms. The van der Waals surface area contributed by atoms with E-state index < -0.39 is 6.09 Å². The Morgan fingerprint density at radius 1 is 0.720 bits per heavy atom. The fourth-order valence-electron chi connectivity index (χ4n) is 2.24. The number of benzene rings is 3. The lowest BCUT2D eigenvalue weighted by molar-refractivity contribution is 0.210. The van der Waals surface area contributed by atoms with E-state index in [4.69, 9.17) is 39.5 Å². The molecule has 0 aliphatic heterocycles. The Kier molecular flexibility index (Phi) is 5.49. The number of hydrogen-bond acceptors (Lipinski definition) is 2. The molecule has 3 aromatic carbocycles. The SMILES string of the molecule is O=C(Oc1cc(Cl)c(Cl)cc1Cl)N(c1ccccc1)c1ccccc1. The summed E-state index contributed by atoms with van der Waals surface area (Å²) in [6, 6.07) is 21.2. The molecule has 0 atom stereocenters. The zero-order chi connectivity index (χ0) is 17.8. The van der Waals surface area contributed by atoms with Gasteiger partial charge in [0.15, 0.2) is 5.75 Å². The van der Waals surface area contributed by atoms with Gasteiger partial charge in [-0.3, -0.25) is 0 Å². The van der Waals surface area contributed by atoms with Crippen LogP contribution in [-0.4, -0.2) is 6.09 Å². The van der Waals surface area contributed by atoms with Crippen LogP contribution in [0.25, 0.3) is 0 Å². The topological polar surface area (TPSA) is 29.5 Å². The number of para-hydroxylation sites is 2. The van der Waals surface area contributed by atoms with Gasteiger partial charge in [-0.15, -0.1) is 0 Å². The molecule has 0 heterocycles. The molecule has 0 bridgehead atoms. The lowest BCUT2D eigenvalue weighted by Crippen LogP contribution is -2.29. The van der Waals surface area contributed by atoms with Crippen LogP contribution in [-0.2, 0) is 0 Å². The van der Waals surface area contributed by atoms with Gasteiger partial charge in [0.2, 0.25) is 0 Å². The van der Waals surface area contributed by atoms with Crippen LogP contribution in [0.1, 0.15) is 0 Å². The predicted molar refractivity (Wildman–Crippen MR) is 103 cm³/mol. The minimum absolute atomic E-state index is 0.137. The van der Waals surface area contributed by atoms with E-state index in [-0.39, 0.29) is 20.8 Å². The van der Waals surface area contributed by atoms with E-state index in [2.05, 4.69) is 0 Å². The maximum absolute atomic E-state index is 12.8. The Morgan fingerprint density at radius 3 is 1.72 bits per heavy atom. The van der Waals surface area contributed by atoms with E-state index in [0.717, 1.165) is 0 Å². The molecule has 0 saturated carbocycles. The first-order chi connectivity index (χ1) is 12.1. The second-order valence-electron chi connectivity index (χ2n) is 5.07. The molecule has 6 heteroatoms. The number of halogens is 3. The monoisotopic (exact) mass is 391 g/mol. The Bertz CT molecular complexity index is 846. The maximum atomic E-state index is 12.8. The zero-order valence-corrected chi connectivity index (χ0v) is 15.1. The summed E-state index contributed by atoms with van der Waals surface area (Å²) in [5, 5.41) is 0.734. The number of ether oxygens (including phenoxy) is 1. The van der Waals surface area contributed by atoms with Crippen molar-refractivity contribution in [1.29, 1.82) is 0 Å². The third kappa shape index (κ3) is 4.07. The number of carbonyl (C=O) groups excluding carboxylic acids is 1. The third-order valence-corrected chi connectivity index (χ3v) is 4.40. The summed E-state index contributed by atoms with van der Waals surface area (Å²) in [7, 11) is 0. The Labute approximate surface area is 160 Å². The smallest absolute Gasteiger partial charge is 0.408 e. The highest BCUT2D eigenvalue weighted by molar-refractivity contribution is 6.43. The number of nitrogens with zero attached hydrogens (tertiary/aromatic N) is 1. The van der Waals surface area contributed by atoms with Crippen molar-refractivity contribution in [2.75, 3.05) is 4.90 Å². The minimum atomic E-state index is -0.613. The molecule has 126 valence electrons. The van der Waals surface area contributed by atoms with Crippen LogP contribution < -0.4 is 9.64 Å². The van der Waals surface area contributed by atoms with Gasteiger partial charge in [-0.05, 0) is 30.3 Å². The molecule has 0 aliphatic carbocycles. The summed E-state index contributed by atoms with van der Waals surface area (Å²) in [6.45, 7) is 0. The number of carbonyl (C=O) groups is 1. The summed E-state index contributed by atoms with van der Waals surface area (Å²) in [4.78, 5) is 14.3. The second kappa shape index (κ2) is 7.79. The van der Waals surface area contributed by atoms with Gasteiger partial charge in [0.25, 0.3) is 0 Å². The van der Waals surface area contributed by atoms with Gasteiger partial charge >= 0.3 is 6.09 Å². The normalized spacial score (nSPS) is 10.4. The van der Waals surface area contributed by atoms with E-state index in [1.54, 1.807) is 0 Å². The standard InChI is InChI=1S/C19H12Cl3NO2/c20-15-11-17(22)18(12-16(15)21)25-19(24)23(13-7-3-1-4-8-13)14-9-5-2-6-10-14/h1-12H. The Balaban J connectivity index is 1.97. The van der Waals surface area contributed by atoms with Crippen molar-refractivity contribution in [3.63, 3.8) is 0 Å². The Hall–Kier alpha value is -2.20. The number of anilines is 2. The van der Waals surface area contributed by atoms with Crippen LogP contribution >= 0.6 is 34.8 Å². The van der Waals surface area contributed by atoms with Gasteiger partial charge in [0.1, 0.15) is 0 Å². The van der Waals surface area contributed by atoms with Gasteiger partial charge in [-0.2, -0.15) is 0 Å². The number of amides is 1. The van der Waals surface area contributed by atoms with Crippen molar-refractivity contribution in [3.05, 3.63) is 87.9 Å². The molecule has 0 fully saturated rings. The first-order valence-corrected chi connectivity index (χ1v) is 8.46. The number of hydrogen-bond donors (Lipinski definition) is 0. The molecule has 1 amide bonds. The minimum Gasteiger partial charge on any atom is -0.408 e. The lowest BCUT2D eigenvalue weighted by atomic mass is 10.2. The molecule has 0 radical (unpaired) electrons. The molecule has 0 unspecified atom stereocenters. The largest absolute Gasteiger partial charge is 0.424 e. The third-order valence-electron chi connectivity index (χ3n) is 3.38. The lowest BCUT2D eigenvalue weighted by Gasteiger charge is -2.22. The van der Waals surface area contributed by atoms with Crippen molar-refractivity contribution in [3.8, 4) is 5.75 Å². The van der Waals surface area contributed by atoms with Crippen LogP contribution in [0.15, 0.2) is 72.8 Å². The molecule has 0 spiro atoms. The van der Waals surface area contributed by atoms with Gasteiger partial charge in [-0.25, -0.2) is 9.69 Å². The summed E-state index contributed by atoms with van der Waals surface area (Å²) in [5.74, 6) is 0.137. The van der Waals surface area contributed by atoms with E-state index in [1.165, 1.54) is 17.0 Å². The molecular weight excluding hydrogens is 381 g/mol. The van der Waals surface area contributed by atoms with Gasteiger partial charge < -0.3 is 4.74 Å². The van der Waals surface area contributed by atoms with Crippen molar-refractivity contribution in [1.82, 2.24) is 0 Å². The summed E-state index contributed by atoms with van der Waals surface area (Å²) >= 11 is 18.0. The number of rotatable bonds is 3. The summed E-state index contributed by atoms with van der Waals surface area (Å²) < 4.78 is 5.46. The quantitative estimate of drug-likeness (QED) is 0.450. The highest BCUT2D eigenvalue weighted by atomic mass is 35.5. The van der Waals surface area contributed by atoms with Crippen LogP contribution in [0.2, 0.25) is 15.1 Å².